The largest absolute Gasteiger partial charge is 0.453 e. The van der Waals surface area contributed by atoms with Crippen molar-refractivity contribution in [3.63, 3.8) is 0 Å². The third kappa shape index (κ3) is 3.22. The summed E-state index contributed by atoms with van der Waals surface area (Å²) in [5.41, 5.74) is 0. The molecule has 100 valence electrons. The highest BCUT2D eigenvalue weighted by atomic mass is 32.2. The molecule has 0 aliphatic carbocycles. The summed E-state index contributed by atoms with van der Waals surface area (Å²) in [6.45, 7) is 3.45. The fourth-order valence-corrected chi connectivity index (χ4v) is 3.33. The van der Waals surface area contributed by atoms with Crippen molar-refractivity contribution >= 4 is 15.9 Å². The molecule has 0 bridgehead atoms. The van der Waals surface area contributed by atoms with Crippen molar-refractivity contribution in [2.45, 2.75) is 24.1 Å². The van der Waals surface area contributed by atoms with Gasteiger partial charge in [-0.3, -0.25) is 0 Å². The Bertz CT molecular complexity index is 496. The van der Waals surface area contributed by atoms with Gasteiger partial charge in [-0.2, -0.15) is 0 Å². The van der Waals surface area contributed by atoms with Gasteiger partial charge in [-0.1, -0.05) is 32.0 Å². The molecular formula is C12H17NO4S. The minimum atomic E-state index is -3.62. The van der Waals surface area contributed by atoms with Crippen molar-refractivity contribution < 1.29 is 17.9 Å². The lowest BCUT2D eigenvalue weighted by atomic mass is 10.2. The van der Waals surface area contributed by atoms with Crippen LogP contribution in [0.15, 0.2) is 35.2 Å². The van der Waals surface area contributed by atoms with Crippen molar-refractivity contribution in [2.75, 3.05) is 7.11 Å². The lowest BCUT2D eigenvalue weighted by Gasteiger charge is -2.21. The maximum absolute atomic E-state index is 12.4. The molecule has 1 aromatic carbocycles. The highest BCUT2D eigenvalue weighted by molar-refractivity contribution is 7.92. The number of hydrogen-bond donors (Lipinski definition) is 1. The van der Waals surface area contributed by atoms with Crippen molar-refractivity contribution in [2.24, 2.45) is 5.92 Å². The van der Waals surface area contributed by atoms with Crippen molar-refractivity contribution in [1.29, 1.82) is 0 Å². The van der Waals surface area contributed by atoms with Gasteiger partial charge in [-0.05, 0) is 18.1 Å². The fraction of sp³-hybridized carbons (Fsp3) is 0.417. The molecule has 1 N–H and O–H groups in total. The second kappa shape index (κ2) is 5.86. The summed E-state index contributed by atoms with van der Waals surface area (Å²) in [7, 11) is -2.42. The molecule has 1 amide bonds. The van der Waals surface area contributed by atoms with Gasteiger partial charge in [0.2, 0.25) is 0 Å². The topological polar surface area (TPSA) is 72.5 Å². The van der Waals surface area contributed by atoms with E-state index in [2.05, 4.69) is 10.1 Å². The standard InChI is InChI=1S/C12H17NO4S/c1-9(2)11(13-12(14)17-3)18(15,16)10-7-5-4-6-8-10/h4-9,11H,1-3H3,(H,13,14). The molecule has 0 heterocycles. The molecule has 5 nitrogen and oxygen atoms in total. The van der Waals surface area contributed by atoms with Crippen molar-refractivity contribution in [3.05, 3.63) is 30.3 Å². The van der Waals surface area contributed by atoms with E-state index < -0.39 is 21.3 Å². The SMILES string of the molecule is COC(=O)NC(C(C)C)S(=O)(=O)c1ccccc1. The number of ether oxygens (including phenoxy) is 1. The number of rotatable bonds is 4. The Kier molecular flexibility index (Phi) is 4.72. The van der Waals surface area contributed by atoms with Crippen LogP contribution in [0, 0.1) is 5.92 Å². The maximum atomic E-state index is 12.4. The molecule has 1 atom stereocenters. The van der Waals surface area contributed by atoms with Crippen molar-refractivity contribution in [1.82, 2.24) is 5.32 Å². The van der Waals surface area contributed by atoms with Crippen LogP contribution < -0.4 is 5.32 Å². The molecule has 0 saturated heterocycles. The molecule has 1 rings (SSSR count). The molecular weight excluding hydrogens is 254 g/mol. The van der Waals surface area contributed by atoms with E-state index >= 15 is 0 Å². The van der Waals surface area contributed by atoms with Gasteiger partial charge in [0, 0.05) is 0 Å². The number of amides is 1. The second-order valence-electron chi connectivity index (χ2n) is 4.16. The normalized spacial score (nSPS) is 13.1. The zero-order valence-corrected chi connectivity index (χ0v) is 11.4. The molecule has 1 aromatic rings. The number of carbonyl (C=O) groups is 1. The molecule has 0 aliphatic heterocycles. The molecule has 0 saturated carbocycles. The van der Waals surface area contributed by atoms with Crippen LogP contribution in [0.25, 0.3) is 0 Å². The second-order valence-corrected chi connectivity index (χ2v) is 6.23. The van der Waals surface area contributed by atoms with Crippen LogP contribution in [0.2, 0.25) is 0 Å². The van der Waals surface area contributed by atoms with E-state index in [9.17, 15) is 13.2 Å². The van der Waals surface area contributed by atoms with Gasteiger partial charge >= 0.3 is 6.09 Å². The Labute approximate surface area is 107 Å². The number of sulfone groups is 1. The van der Waals surface area contributed by atoms with Gasteiger partial charge in [0.15, 0.2) is 9.84 Å². The monoisotopic (exact) mass is 271 g/mol. The first-order chi connectivity index (χ1) is 8.39. The first-order valence-electron chi connectivity index (χ1n) is 5.53. The van der Waals surface area contributed by atoms with Crippen LogP contribution in [-0.2, 0) is 14.6 Å². The fourth-order valence-electron chi connectivity index (χ4n) is 1.53. The van der Waals surface area contributed by atoms with Crippen LogP contribution in [0.4, 0.5) is 4.79 Å². The van der Waals surface area contributed by atoms with Crippen LogP contribution in [0.1, 0.15) is 13.8 Å². The zero-order valence-electron chi connectivity index (χ0n) is 10.6. The average molecular weight is 271 g/mol. The molecule has 0 aromatic heterocycles. The number of methoxy groups -OCH3 is 1. The van der Waals surface area contributed by atoms with E-state index in [0.29, 0.717) is 0 Å². The number of nitrogens with one attached hydrogen (secondary N) is 1. The van der Waals surface area contributed by atoms with Crippen molar-refractivity contribution in [3.8, 4) is 0 Å². The predicted molar refractivity (Wildman–Crippen MR) is 67.8 cm³/mol. The van der Waals surface area contributed by atoms with Gasteiger partial charge in [-0.15, -0.1) is 0 Å². The number of carbonyl (C=O) groups excluding carboxylic acids is 1. The third-order valence-corrected chi connectivity index (χ3v) is 4.72. The van der Waals surface area contributed by atoms with Gasteiger partial charge in [0.1, 0.15) is 5.37 Å². The van der Waals surface area contributed by atoms with Crippen LogP contribution in [0.3, 0.4) is 0 Å². The quantitative estimate of drug-likeness (QED) is 0.906. The molecule has 1 unspecified atom stereocenters. The van der Waals surface area contributed by atoms with E-state index in [1.807, 2.05) is 0 Å². The average Bonchev–Trinajstić information content (AvgIpc) is 2.36. The summed E-state index contributed by atoms with van der Waals surface area (Å²) in [5.74, 6) is -0.269. The Balaban J connectivity index is 3.10. The molecule has 0 radical (unpaired) electrons. The van der Waals surface area contributed by atoms with Gasteiger partial charge in [0.05, 0.1) is 12.0 Å². The maximum Gasteiger partial charge on any atom is 0.407 e. The summed E-state index contributed by atoms with van der Waals surface area (Å²) in [5, 5.41) is 1.35. The third-order valence-electron chi connectivity index (χ3n) is 2.46. The molecule has 6 heteroatoms. The van der Waals surface area contributed by atoms with Crippen LogP contribution >= 0.6 is 0 Å². The number of benzene rings is 1. The molecule has 0 fully saturated rings. The van der Waals surface area contributed by atoms with Crippen LogP contribution in [-0.4, -0.2) is 27.0 Å². The smallest absolute Gasteiger partial charge is 0.407 e. The lowest BCUT2D eigenvalue weighted by molar-refractivity contribution is 0.167. The Morgan fingerprint density at radius 3 is 2.22 bits per heavy atom. The number of alkyl carbamates (subject to hydrolysis) is 1. The minimum absolute atomic E-state index is 0.181. The lowest BCUT2D eigenvalue weighted by Crippen LogP contribution is -2.44. The summed E-state index contributed by atoms with van der Waals surface area (Å²) in [6.07, 6.45) is -0.756. The molecule has 0 aliphatic rings. The van der Waals surface area contributed by atoms with E-state index in [-0.39, 0.29) is 10.8 Å². The minimum Gasteiger partial charge on any atom is -0.453 e. The Hall–Kier alpha value is -1.56. The van der Waals surface area contributed by atoms with E-state index in [1.54, 1.807) is 32.0 Å². The summed E-state index contributed by atoms with van der Waals surface area (Å²) >= 11 is 0. The number of hydrogen-bond acceptors (Lipinski definition) is 4. The first-order valence-corrected chi connectivity index (χ1v) is 7.07. The van der Waals surface area contributed by atoms with E-state index in [1.165, 1.54) is 19.2 Å². The Morgan fingerprint density at radius 1 is 1.22 bits per heavy atom. The highest BCUT2D eigenvalue weighted by Crippen LogP contribution is 2.19. The first kappa shape index (κ1) is 14.5. The molecule has 0 spiro atoms. The van der Waals surface area contributed by atoms with Crippen LogP contribution in [0.5, 0.6) is 0 Å². The predicted octanol–water partition coefficient (Wildman–Crippen LogP) is 1.80. The van der Waals surface area contributed by atoms with E-state index in [0.717, 1.165) is 0 Å². The summed E-state index contributed by atoms with van der Waals surface area (Å²) in [6, 6.07) is 8.02. The van der Waals surface area contributed by atoms with Gasteiger partial charge < -0.3 is 10.1 Å². The molecule has 18 heavy (non-hydrogen) atoms. The Morgan fingerprint density at radius 2 is 1.78 bits per heavy atom. The van der Waals surface area contributed by atoms with Gasteiger partial charge in [0.25, 0.3) is 0 Å². The van der Waals surface area contributed by atoms with Gasteiger partial charge in [-0.25, -0.2) is 13.2 Å². The summed E-state index contributed by atoms with van der Waals surface area (Å²) in [4.78, 5) is 11.4. The highest BCUT2D eigenvalue weighted by Gasteiger charge is 2.31. The summed E-state index contributed by atoms with van der Waals surface area (Å²) < 4.78 is 29.2. The zero-order chi connectivity index (χ0) is 13.8. The van der Waals surface area contributed by atoms with E-state index in [4.69, 9.17) is 0 Å².